The zero-order valence-corrected chi connectivity index (χ0v) is 19.7. The average Bonchev–Trinajstić information content (AvgIpc) is 3.41. The van der Waals surface area contributed by atoms with E-state index in [1.165, 1.54) is 38.8 Å². The topological polar surface area (TPSA) is 84.9 Å². The van der Waals surface area contributed by atoms with Crippen LogP contribution in [0.1, 0.15) is 25.7 Å². The highest BCUT2D eigenvalue weighted by molar-refractivity contribution is 7.92. The van der Waals surface area contributed by atoms with Crippen LogP contribution in [0.15, 0.2) is 47.4 Å². The summed E-state index contributed by atoms with van der Waals surface area (Å²) in [6.45, 7) is -0.327. The van der Waals surface area contributed by atoms with Gasteiger partial charge in [-0.1, -0.05) is 18.0 Å². The van der Waals surface area contributed by atoms with E-state index in [-0.39, 0.29) is 29.1 Å². The van der Waals surface area contributed by atoms with E-state index >= 15 is 0 Å². The Labute approximate surface area is 193 Å². The highest BCUT2D eigenvalue weighted by Gasteiger charge is 2.40. The van der Waals surface area contributed by atoms with E-state index < -0.39 is 10.0 Å². The number of carbonyl (C=O) groups excluding carboxylic acids is 1. The smallest absolute Gasteiger partial charge is 0.264 e. The predicted molar refractivity (Wildman–Crippen MR) is 123 cm³/mol. The summed E-state index contributed by atoms with van der Waals surface area (Å²) in [5.41, 5.74) is 0.354. The number of fused-ring (bicyclic) bond motifs is 2. The first-order chi connectivity index (χ1) is 15.3. The summed E-state index contributed by atoms with van der Waals surface area (Å²) in [7, 11) is -1.15. The summed E-state index contributed by atoms with van der Waals surface area (Å²) in [5, 5.41) is 3.55. The normalized spacial score (nSPS) is 21.9. The standard InChI is InChI=1S/C23H27ClN2O5S/c1-30-21-10-9-19(13-22(21)31-2)32(28,29)26(18-7-5-17(24)6-8-18)14-23(27)25-20-12-15-3-4-16(20)11-15/h5-10,13,15-16,20H,3-4,11-12,14H2,1-2H3,(H,25,27)/t15-,16-,20-/m1/s1. The number of rotatable bonds is 8. The van der Waals surface area contributed by atoms with Gasteiger partial charge in [0.15, 0.2) is 11.5 Å². The zero-order chi connectivity index (χ0) is 22.9. The highest BCUT2D eigenvalue weighted by Crippen LogP contribution is 2.44. The van der Waals surface area contributed by atoms with Crippen molar-refractivity contribution in [3.8, 4) is 11.5 Å². The summed E-state index contributed by atoms with van der Waals surface area (Å²) in [6.07, 6.45) is 4.47. The Bertz CT molecular complexity index is 1090. The molecule has 0 aromatic heterocycles. The van der Waals surface area contributed by atoms with Crippen molar-refractivity contribution in [1.82, 2.24) is 5.32 Å². The number of carbonyl (C=O) groups is 1. The van der Waals surface area contributed by atoms with Crippen LogP contribution in [0, 0.1) is 11.8 Å². The molecule has 0 spiro atoms. The number of anilines is 1. The molecule has 2 aliphatic carbocycles. The van der Waals surface area contributed by atoms with Gasteiger partial charge in [-0.2, -0.15) is 0 Å². The summed E-state index contributed by atoms with van der Waals surface area (Å²) in [6, 6.07) is 10.9. The summed E-state index contributed by atoms with van der Waals surface area (Å²) < 4.78 is 38.8. The van der Waals surface area contributed by atoms with Crippen molar-refractivity contribution < 1.29 is 22.7 Å². The fraction of sp³-hybridized carbons (Fsp3) is 0.435. The van der Waals surface area contributed by atoms with Crippen molar-refractivity contribution >= 4 is 33.2 Å². The van der Waals surface area contributed by atoms with E-state index in [0.717, 1.165) is 23.6 Å². The first kappa shape index (κ1) is 22.7. The second-order valence-electron chi connectivity index (χ2n) is 8.35. The molecule has 32 heavy (non-hydrogen) atoms. The summed E-state index contributed by atoms with van der Waals surface area (Å²) in [5.74, 6) is 1.56. The largest absolute Gasteiger partial charge is 0.493 e. The highest BCUT2D eigenvalue weighted by atomic mass is 35.5. The van der Waals surface area contributed by atoms with Gasteiger partial charge in [0.25, 0.3) is 10.0 Å². The van der Waals surface area contributed by atoms with Crippen molar-refractivity contribution in [2.75, 3.05) is 25.1 Å². The van der Waals surface area contributed by atoms with Gasteiger partial charge < -0.3 is 14.8 Å². The van der Waals surface area contributed by atoms with Crippen molar-refractivity contribution in [2.45, 2.75) is 36.6 Å². The van der Waals surface area contributed by atoms with E-state index in [1.807, 2.05) is 0 Å². The van der Waals surface area contributed by atoms with Crippen LogP contribution in [-0.4, -0.2) is 41.1 Å². The monoisotopic (exact) mass is 478 g/mol. The van der Waals surface area contributed by atoms with Crippen LogP contribution in [0.25, 0.3) is 0 Å². The number of ether oxygens (including phenoxy) is 2. The molecule has 0 saturated heterocycles. The van der Waals surface area contributed by atoms with Crippen molar-refractivity contribution in [3.63, 3.8) is 0 Å². The third-order valence-electron chi connectivity index (χ3n) is 6.43. The lowest BCUT2D eigenvalue weighted by Gasteiger charge is -2.27. The van der Waals surface area contributed by atoms with Gasteiger partial charge in [-0.25, -0.2) is 8.42 Å². The van der Waals surface area contributed by atoms with Crippen molar-refractivity contribution in [1.29, 1.82) is 0 Å². The van der Waals surface area contributed by atoms with E-state index in [0.29, 0.717) is 28.3 Å². The lowest BCUT2D eigenvalue weighted by molar-refractivity contribution is -0.120. The third kappa shape index (κ3) is 4.52. The number of hydrogen-bond acceptors (Lipinski definition) is 5. The van der Waals surface area contributed by atoms with Crippen molar-refractivity contribution in [2.24, 2.45) is 11.8 Å². The second-order valence-corrected chi connectivity index (χ2v) is 10.7. The fourth-order valence-electron chi connectivity index (χ4n) is 4.83. The Balaban J connectivity index is 1.63. The molecule has 9 heteroatoms. The first-order valence-electron chi connectivity index (χ1n) is 10.6. The molecule has 2 aliphatic rings. The minimum atomic E-state index is -4.07. The number of nitrogens with one attached hydrogen (secondary N) is 1. The van der Waals surface area contributed by atoms with Gasteiger partial charge in [0.05, 0.1) is 24.8 Å². The van der Waals surface area contributed by atoms with Crippen LogP contribution in [-0.2, 0) is 14.8 Å². The van der Waals surface area contributed by atoms with Crippen LogP contribution in [0.3, 0.4) is 0 Å². The van der Waals surface area contributed by atoms with E-state index in [9.17, 15) is 13.2 Å². The molecule has 172 valence electrons. The SMILES string of the molecule is COc1ccc(S(=O)(=O)N(CC(=O)N[C@@H]2C[C@@H]3CC[C@@H]2C3)c2ccc(Cl)cc2)cc1OC. The number of nitrogens with zero attached hydrogens (tertiary/aromatic N) is 1. The maximum atomic E-state index is 13.6. The average molecular weight is 479 g/mol. The Morgan fingerprint density at radius 3 is 2.38 bits per heavy atom. The summed E-state index contributed by atoms with van der Waals surface area (Å²) >= 11 is 6.00. The molecule has 3 atom stereocenters. The Morgan fingerprint density at radius 1 is 1.06 bits per heavy atom. The second kappa shape index (κ2) is 9.19. The van der Waals surface area contributed by atoms with Crippen LogP contribution >= 0.6 is 11.6 Å². The van der Waals surface area contributed by atoms with Crippen molar-refractivity contribution in [3.05, 3.63) is 47.5 Å². The molecule has 1 N–H and O–H groups in total. The maximum absolute atomic E-state index is 13.6. The minimum Gasteiger partial charge on any atom is -0.493 e. The predicted octanol–water partition coefficient (Wildman–Crippen LogP) is 3.86. The van der Waals surface area contributed by atoms with Crippen LogP contribution in [0.5, 0.6) is 11.5 Å². The van der Waals surface area contributed by atoms with Gasteiger partial charge in [0, 0.05) is 17.1 Å². The molecule has 0 radical (unpaired) electrons. The molecule has 2 aromatic carbocycles. The molecule has 7 nitrogen and oxygen atoms in total. The molecule has 0 aliphatic heterocycles. The van der Waals surface area contributed by atoms with E-state index in [1.54, 1.807) is 24.3 Å². The maximum Gasteiger partial charge on any atom is 0.264 e. The number of halogens is 1. The van der Waals surface area contributed by atoms with Gasteiger partial charge in [-0.3, -0.25) is 9.10 Å². The van der Waals surface area contributed by atoms with E-state index in [2.05, 4.69) is 5.32 Å². The molecule has 0 unspecified atom stereocenters. The number of benzene rings is 2. The molecule has 2 saturated carbocycles. The first-order valence-corrected chi connectivity index (χ1v) is 12.4. The number of amides is 1. The Hall–Kier alpha value is -2.45. The minimum absolute atomic E-state index is 0.00202. The summed E-state index contributed by atoms with van der Waals surface area (Å²) in [4.78, 5) is 12.9. The quantitative estimate of drug-likeness (QED) is 0.622. The molecule has 2 fully saturated rings. The fourth-order valence-corrected chi connectivity index (χ4v) is 6.39. The van der Waals surface area contributed by atoms with Gasteiger partial charge in [-0.15, -0.1) is 0 Å². The van der Waals surface area contributed by atoms with Crippen LogP contribution in [0.4, 0.5) is 5.69 Å². The number of hydrogen-bond donors (Lipinski definition) is 1. The molecular formula is C23H27ClN2O5S. The molecule has 2 bridgehead atoms. The Morgan fingerprint density at radius 2 is 1.78 bits per heavy atom. The molecule has 0 heterocycles. The van der Waals surface area contributed by atoms with Gasteiger partial charge >= 0.3 is 0 Å². The third-order valence-corrected chi connectivity index (χ3v) is 8.45. The van der Waals surface area contributed by atoms with Crippen LogP contribution < -0.4 is 19.1 Å². The molecular weight excluding hydrogens is 452 g/mol. The van der Waals surface area contributed by atoms with Gasteiger partial charge in [-0.05, 0) is 67.5 Å². The number of methoxy groups -OCH3 is 2. The lowest BCUT2D eigenvalue weighted by atomic mass is 9.95. The van der Waals surface area contributed by atoms with Crippen LogP contribution in [0.2, 0.25) is 5.02 Å². The number of sulfonamides is 1. The molecule has 4 rings (SSSR count). The van der Waals surface area contributed by atoms with Gasteiger partial charge in [0.1, 0.15) is 6.54 Å². The zero-order valence-electron chi connectivity index (χ0n) is 18.1. The lowest BCUT2D eigenvalue weighted by Crippen LogP contribution is -2.46. The van der Waals surface area contributed by atoms with E-state index in [4.69, 9.17) is 21.1 Å². The van der Waals surface area contributed by atoms with Gasteiger partial charge in [0.2, 0.25) is 5.91 Å². The molecule has 1 amide bonds. The molecule has 2 aromatic rings. The Kier molecular flexibility index (Phi) is 6.53.